The van der Waals surface area contributed by atoms with Gasteiger partial charge in [-0.25, -0.2) is 0 Å². The zero-order chi connectivity index (χ0) is 21.1. The number of benzene rings is 2. The molecule has 156 valence electrons. The fraction of sp³-hybridized carbons (Fsp3) is 0.364. The number of rotatable bonds is 10. The van der Waals surface area contributed by atoms with Crippen molar-refractivity contribution in [3.05, 3.63) is 59.7 Å². The van der Waals surface area contributed by atoms with Gasteiger partial charge in [-0.3, -0.25) is 20.4 Å². The summed E-state index contributed by atoms with van der Waals surface area (Å²) in [6.07, 6.45) is 0. The number of ether oxygens (including phenoxy) is 3. The molecule has 2 aromatic carbocycles. The van der Waals surface area contributed by atoms with Gasteiger partial charge in [-0.1, -0.05) is 44.2 Å². The molecular formula is C22H28N2O5. The monoisotopic (exact) mass is 400 g/mol. The Bertz CT molecular complexity index is 807. The fourth-order valence-electron chi connectivity index (χ4n) is 2.60. The van der Waals surface area contributed by atoms with Gasteiger partial charge in [-0.2, -0.15) is 0 Å². The summed E-state index contributed by atoms with van der Waals surface area (Å²) in [5, 5.41) is 0. The van der Waals surface area contributed by atoms with E-state index in [1.165, 1.54) is 0 Å². The minimum absolute atomic E-state index is 0.212. The summed E-state index contributed by atoms with van der Waals surface area (Å²) in [4.78, 5) is 24.5. The van der Waals surface area contributed by atoms with E-state index in [9.17, 15) is 9.59 Å². The molecule has 0 saturated heterocycles. The fourth-order valence-corrected chi connectivity index (χ4v) is 2.60. The highest BCUT2D eigenvalue weighted by Crippen LogP contribution is 2.25. The predicted molar refractivity (Wildman–Crippen MR) is 110 cm³/mol. The second kappa shape index (κ2) is 11.7. The summed E-state index contributed by atoms with van der Waals surface area (Å²) in [5.41, 5.74) is 6.08. The molecule has 2 amide bonds. The highest BCUT2D eigenvalue weighted by atomic mass is 16.5. The number of hydrazine groups is 1. The highest BCUT2D eigenvalue weighted by molar-refractivity contribution is 5.97. The molecule has 2 N–H and O–H groups in total. The lowest BCUT2D eigenvalue weighted by Crippen LogP contribution is -2.44. The van der Waals surface area contributed by atoms with E-state index in [4.69, 9.17) is 14.2 Å². The topological polar surface area (TPSA) is 85.9 Å². The summed E-state index contributed by atoms with van der Waals surface area (Å²) < 4.78 is 16.4. The molecule has 0 spiro atoms. The lowest BCUT2D eigenvalue weighted by atomic mass is 10.0. The van der Waals surface area contributed by atoms with Crippen molar-refractivity contribution in [2.75, 3.05) is 26.4 Å². The highest BCUT2D eigenvalue weighted by Gasteiger charge is 2.14. The molecule has 0 atom stereocenters. The van der Waals surface area contributed by atoms with Crippen LogP contribution in [-0.4, -0.2) is 38.2 Å². The molecular weight excluding hydrogens is 372 g/mol. The van der Waals surface area contributed by atoms with Crippen LogP contribution in [0.25, 0.3) is 0 Å². The molecule has 0 saturated carbocycles. The van der Waals surface area contributed by atoms with E-state index in [2.05, 4.69) is 24.7 Å². The number of carbonyl (C=O) groups is 2. The average molecular weight is 400 g/mol. The lowest BCUT2D eigenvalue weighted by molar-refractivity contribution is -0.123. The maximum Gasteiger partial charge on any atom is 0.276 e. The van der Waals surface area contributed by atoms with E-state index in [-0.39, 0.29) is 12.5 Å². The molecule has 0 unspecified atom stereocenters. The molecule has 0 aliphatic heterocycles. The first-order chi connectivity index (χ1) is 14.0. The van der Waals surface area contributed by atoms with Crippen LogP contribution in [0.2, 0.25) is 0 Å². The van der Waals surface area contributed by atoms with E-state index in [0.717, 1.165) is 5.56 Å². The summed E-state index contributed by atoms with van der Waals surface area (Å²) in [7, 11) is 0. The molecule has 0 bridgehead atoms. The standard InChI is InChI=1S/C22H28N2O5/c1-4-27-13-14-28-20-12-8-6-10-18(20)22(26)24-23-21(25)15-29-19-11-7-5-9-17(19)16(2)3/h5-12,16H,4,13-15H2,1-3H3,(H,23,25)(H,24,26). The van der Waals surface area contributed by atoms with Gasteiger partial charge in [0.2, 0.25) is 0 Å². The molecule has 7 nitrogen and oxygen atoms in total. The third kappa shape index (κ3) is 7.12. The van der Waals surface area contributed by atoms with Crippen molar-refractivity contribution in [2.45, 2.75) is 26.7 Å². The number of nitrogens with one attached hydrogen (secondary N) is 2. The van der Waals surface area contributed by atoms with Crippen LogP contribution in [0.1, 0.15) is 42.6 Å². The van der Waals surface area contributed by atoms with Gasteiger partial charge in [0.1, 0.15) is 18.1 Å². The maximum atomic E-state index is 12.4. The van der Waals surface area contributed by atoms with Crippen molar-refractivity contribution < 1.29 is 23.8 Å². The molecule has 0 heterocycles. The number of para-hydroxylation sites is 2. The van der Waals surface area contributed by atoms with Gasteiger partial charge >= 0.3 is 0 Å². The number of hydrogen-bond donors (Lipinski definition) is 2. The van der Waals surface area contributed by atoms with Gasteiger partial charge < -0.3 is 14.2 Å². The maximum absolute atomic E-state index is 12.4. The van der Waals surface area contributed by atoms with Gasteiger partial charge in [0.15, 0.2) is 6.61 Å². The van der Waals surface area contributed by atoms with Gasteiger partial charge in [0, 0.05) is 6.61 Å². The number of amides is 2. The van der Waals surface area contributed by atoms with Crippen molar-refractivity contribution in [3.8, 4) is 11.5 Å². The van der Waals surface area contributed by atoms with Crippen molar-refractivity contribution >= 4 is 11.8 Å². The Morgan fingerprint density at radius 3 is 2.31 bits per heavy atom. The first kappa shape index (κ1) is 22.2. The zero-order valence-corrected chi connectivity index (χ0v) is 17.1. The van der Waals surface area contributed by atoms with Gasteiger partial charge in [0.25, 0.3) is 11.8 Å². The smallest absolute Gasteiger partial charge is 0.276 e. The van der Waals surface area contributed by atoms with Crippen molar-refractivity contribution in [1.29, 1.82) is 0 Å². The van der Waals surface area contributed by atoms with Crippen LogP contribution in [0.3, 0.4) is 0 Å². The first-order valence-electron chi connectivity index (χ1n) is 9.63. The Kier molecular flexibility index (Phi) is 8.98. The minimum Gasteiger partial charge on any atom is -0.490 e. The quantitative estimate of drug-likeness (QED) is 0.473. The third-order valence-electron chi connectivity index (χ3n) is 4.04. The van der Waals surface area contributed by atoms with Crippen LogP contribution in [0, 0.1) is 0 Å². The van der Waals surface area contributed by atoms with Crippen LogP contribution in [0.15, 0.2) is 48.5 Å². The van der Waals surface area contributed by atoms with Gasteiger partial charge in [-0.05, 0) is 36.6 Å². The van der Waals surface area contributed by atoms with Crippen LogP contribution in [0.5, 0.6) is 11.5 Å². The molecule has 0 aliphatic carbocycles. The molecule has 0 fully saturated rings. The SMILES string of the molecule is CCOCCOc1ccccc1C(=O)NNC(=O)COc1ccccc1C(C)C. The van der Waals surface area contributed by atoms with Crippen LogP contribution in [0.4, 0.5) is 0 Å². The third-order valence-corrected chi connectivity index (χ3v) is 4.04. The summed E-state index contributed by atoms with van der Waals surface area (Å²) in [6.45, 7) is 7.14. The van der Waals surface area contributed by atoms with E-state index in [1.54, 1.807) is 24.3 Å². The largest absolute Gasteiger partial charge is 0.490 e. The summed E-state index contributed by atoms with van der Waals surface area (Å²) in [5.74, 6) is 0.394. The minimum atomic E-state index is -0.479. The van der Waals surface area contributed by atoms with Crippen molar-refractivity contribution in [2.24, 2.45) is 0 Å². The van der Waals surface area contributed by atoms with E-state index >= 15 is 0 Å². The second-order valence-corrected chi connectivity index (χ2v) is 6.53. The Morgan fingerprint density at radius 2 is 1.59 bits per heavy atom. The van der Waals surface area contributed by atoms with E-state index < -0.39 is 11.8 Å². The molecule has 2 rings (SSSR count). The molecule has 2 aromatic rings. The first-order valence-corrected chi connectivity index (χ1v) is 9.63. The Hall–Kier alpha value is -3.06. The van der Waals surface area contributed by atoms with Gasteiger partial charge in [-0.15, -0.1) is 0 Å². The number of hydrogen-bond acceptors (Lipinski definition) is 5. The average Bonchev–Trinajstić information content (AvgIpc) is 2.74. The normalized spacial score (nSPS) is 10.5. The van der Waals surface area contributed by atoms with E-state index in [0.29, 0.717) is 36.9 Å². The van der Waals surface area contributed by atoms with Crippen molar-refractivity contribution in [3.63, 3.8) is 0 Å². The predicted octanol–water partition coefficient (Wildman–Crippen LogP) is 3.07. The molecule has 7 heteroatoms. The molecule has 0 radical (unpaired) electrons. The van der Waals surface area contributed by atoms with Crippen LogP contribution < -0.4 is 20.3 Å². The van der Waals surface area contributed by atoms with Crippen LogP contribution in [-0.2, 0) is 9.53 Å². The van der Waals surface area contributed by atoms with Gasteiger partial charge in [0.05, 0.1) is 12.2 Å². The molecule has 29 heavy (non-hydrogen) atoms. The number of carbonyl (C=O) groups excluding carboxylic acids is 2. The molecule has 0 aromatic heterocycles. The zero-order valence-electron chi connectivity index (χ0n) is 17.1. The van der Waals surface area contributed by atoms with Crippen molar-refractivity contribution in [1.82, 2.24) is 10.9 Å². The lowest BCUT2D eigenvalue weighted by Gasteiger charge is -2.14. The second-order valence-electron chi connectivity index (χ2n) is 6.53. The summed E-state index contributed by atoms with van der Waals surface area (Å²) >= 11 is 0. The van der Waals surface area contributed by atoms with Crippen LogP contribution >= 0.6 is 0 Å². The Labute approximate surface area is 171 Å². The summed E-state index contributed by atoms with van der Waals surface area (Å²) in [6, 6.07) is 14.4. The Morgan fingerprint density at radius 1 is 0.897 bits per heavy atom. The van der Waals surface area contributed by atoms with E-state index in [1.807, 2.05) is 31.2 Å². The molecule has 0 aliphatic rings. The Balaban J connectivity index is 1.85.